The summed E-state index contributed by atoms with van der Waals surface area (Å²) in [6.07, 6.45) is 3.56. The van der Waals surface area contributed by atoms with Crippen molar-refractivity contribution < 1.29 is 23.9 Å². The molecular weight excluding hydrogens is 290 g/mol. The number of aromatic nitrogens is 1. The van der Waals surface area contributed by atoms with Gasteiger partial charge in [0.15, 0.2) is 0 Å². The van der Waals surface area contributed by atoms with E-state index in [0.717, 1.165) is 13.2 Å². The lowest BCUT2D eigenvalue weighted by molar-refractivity contribution is -0.143. The van der Waals surface area contributed by atoms with Crippen molar-refractivity contribution in [3.05, 3.63) is 36.2 Å². The molecular formula is C14H14N3O5. The fourth-order valence-electron chi connectivity index (χ4n) is 1.40. The Hall–Kier alpha value is -3.03. The van der Waals surface area contributed by atoms with Gasteiger partial charge >= 0.3 is 5.97 Å². The molecule has 8 nitrogen and oxygen atoms in total. The number of nitrogens with one attached hydrogen (secondary N) is 2. The zero-order valence-corrected chi connectivity index (χ0v) is 11.8. The minimum absolute atomic E-state index is 0.0953. The zero-order chi connectivity index (χ0) is 16.4. The normalized spacial score (nSPS) is 10.5. The first-order valence-electron chi connectivity index (χ1n) is 6.19. The molecule has 8 heteroatoms. The van der Waals surface area contributed by atoms with Crippen LogP contribution in [0.3, 0.4) is 0 Å². The standard InChI is InChI=1S/C14H14N3O5/c1-22-14(21)9-13(20)17-11(8-12(19)16-6-7-18)10-4-2-3-5-15-10/h2-5,8H,6,9H2,1H3,(H,16,19)(H,17,20). The van der Waals surface area contributed by atoms with Gasteiger partial charge in [-0.05, 0) is 12.1 Å². The summed E-state index contributed by atoms with van der Waals surface area (Å²) < 4.78 is 4.39. The third-order valence-corrected chi connectivity index (χ3v) is 2.36. The van der Waals surface area contributed by atoms with Crippen LogP contribution >= 0.6 is 0 Å². The van der Waals surface area contributed by atoms with E-state index in [2.05, 4.69) is 20.4 Å². The molecule has 0 aromatic carbocycles. The molecule has 0 spiro atoms. The number of methoxy groups -OCH3 is 1. The molecule has 0 aliphatic carbocycles. The molecule has 2 amide bonds. The number of carbonyl (C=O) groups is 3. The molecule has 0 saturated heterocycles. The maximum atomic E-state index is 11.7. The summed E-state index contributed by atoms with van der Waals surface area (Å²) in [5.74, 6) is -1.97. The van der Waals surface area contributed by atoms with Crippen molar-refractivity contribution in [2.75, 3.05) is 13.7 Å². The fraction of sp³-hybridized carbons (Fsp3) is 0.214. The topological polar surface area (TPSA) is 114 Å². The summed E-state index contributed by atoms with van der Waals surface area (Å²) in [6, 6.07) is 4.90. The third kappa shape index (κ3) is 5.95. The van der Waals surface area contributed by atoms with Crippen LogP contribution in [0.2, 0.25) is 0 Å². The molecule has 0 bridgehead atoms. The molecule has 1 rings (SSSR count). The Morgan fingerprint density at radius 3 is 2.73 bits per heavy atom. The number of nitrogens with zero attached hydrogens (tertiary/aromatic N) is 1. The van der Waals surface area contributed by atoms with Crippen LogP contribution in [0.25, 0.3) is 5.70 Å². The van der Waals surface area contributed by atoms with Gasteiger partial charge in [0, 0.05) is 12.3 Å². The van der Waals surface area contributed by atoms with E-state index in [1.165, 1.54) is 12.5 Å². The highest BCUT2D eigenvalue weighted by atomic mass is 16.5. The number of carbonyl (C=O) groups excluding carboxylic acids is 4. The van der Waals surface area contributed by atoms with Crippen molar-refractivity contribution in [2.45, 2.75) is 6.42 Å². The molecule has 2 N–H and O–H groups in total. The number of esters is 1. The Kier molecular flexibility index (Phi) is 6.97. The third-order valence-electron chi connectivity index (χ3n) is 2.36. The Morgan fingerprint density at radius 2 is 2.14 bits per heavy atom. The van der Waals surface area contributed by atoms with Crippen LogP contribution in [0.1, 0.15) is 12.1 Å². The molecule has 1 heterocycles. The molecule has 1 aromatic rings. The van der Waals surface area contributed by atoms with Gasteiger partial charge in [-0.25, -0.2) is 0 Å². The van der Waals surface area contributed by atoms with E-state index in [1.807, 2.05) is 0 Å². The Balaban J connectivity index is 2.90. The van der Waals surface area contributed by atoms with E-state index in [0.29, 0.717) is 5.69 Å². The first-order chi connectivity index (χ1) is 10.6. The maximum Gasteiger partial charge on any atom is 0.315 e. The fourth-order valence-corrected chi connectivity index (χ4v) is 1.40. The van der Waals surface area contributed by atoms with Crippen LogP contribution in [0, 0.1) is 0 Å². The van der Waals surface area contributed by atoms with Gasteiger partial charge < -0.3 is 15.4 Å². The van der Waals surface area contributed by atoms with Gasteiger partial charge in [-0.1, -0.05) is 6.07 Å². The average Bonchev–Trinajstić information content (AvgIpc) is 2.52. The van der Waals surface area contributed by atoms with Crippen molar-refractivity contribution in [3.8, 4) is 0 Å². The number of amides is 2. The van der Waals surface area contributed by atoms with Gasteiger partial charge in [0.25, 0.3) is 0 Å². The molecule has 0 fully saturated rings. The summed E-state index contributed by atoms with van der Waals surface area (Å²) >= 11 is 0. The van der Waals surface area contributed by atoms with Crippen molar-refractivity contribution in [3.63, 3.8) is 0 Å². The summed E-state index contributed by atoms with van der Waals surface area (Å²) in [5, 5.41) is 4.65. The molecule has 0 atom stereocenters. The van der Waals surface area contributed by atoms with Crippen molar-refractivity contribution in [2.24, 2.45) is 0 Å². The Labute approximate surface area is 126 Å². The van der Waals surface area contributed by atoms with E-state index >= 15 is 0 Å². The molecule has 0 aliphatic rings. The smallest absolute Gasteiger partial charge is 0.315 e. The van der Waals surface area contributed by atoms with Crippen LogP contribution in [0.15, 0.2) is 30.5 Å². The predicted molar refractivity (Wildman–Crippen MR) is 75.7 cm³/mol. The number of hydrogen-bond acceptors (Lipinski definition) is 6. The highest BCUT2D eigenvalue weighted by molar-refractivity contribution is 6.02. The lowest BCUT2D eigenvalue weighted by Crippen LogP contribution is -2.28. The molecule has 0 unspecified atom stereocenters. The summed E-state index contributed by atoms with van der Waals surface area (Å²) in [6.45, 7) is -0.277. The van der Waals surface area contributed by atoms with Gasteiger partial charge in [0.2, 0.25) is 18.1 Å². The largest absolute Gasteiger partial charge is 0.469 e. The van der Waals surface area contributed by atoms with Crippen molar-refractivity contribution >= 4 is 29.8 Å². The summed E-state index contributed by atoms with van der Waals surface area (Å²) in [5.41, 5.74) is 0.420. The first kappa shape index (κ1) is 17.0. The number of hydrogen-bond donors (Lipinski definition) is 2. The van der Waals surface area contributed by atoms with Crippen LogP contribution in [-0.2, 0) is 23.9 Å². The molecule has 0 saturated carbocycles. The highest BCUT2D eigenvalue weighted by Crippen LogP contribution is 2.08. The Bertz CT molecular complexity index is 583. The highest BCUT2D eigenvalue weighted by Gasteiger charge is 2.13. The second-order valence-corrected chi connectivity index (χ2v) is 3.94. The lowest BCUT2D eigenvalue weighted by Gasteiger charge is -2.09. The summed E-state index contributed by atoms with van der Waals surface area (Å²) in [7, 11) is 1.16. The van der Waals surface area contributed by atoms with Crippen LogP contribution in [-0.4, -0.2) is 42.7 Å². The lowest BCUT2D eigenvalue weighted by atomic mass is 10.2. The van der Waals surface area contributed by atoms with Crippen LogP contribution < -0.4 is 10.6 Å². The first-order valence-corrected chi connectivity index (χ1v) is 6.19. The molecule has 1 radical (unpaired) electrons. The van der Waals surface area contributed by atoms with Gasteiger partial charge in [-0.3, -0.25) is 24.2 Å². The van der Waals surface area contributed by atoms with Crippen LogP contribution in [0.4, 0.5) is 0 Å². The molecule has 115 valence electrons. The summed E-state index contributed by atoms with van der Waals surface area (Å²) in [4.78, 5) is 48.5. The monoisotopic (exact) mass is 304 g/mol. The second-order valence-electron chi connectivity index (χ2n) is 3.94. The van der Waals surface area contributed by atoms with Crippen molar-refractivity contribution in [1.82, 2.24) is 15.6 Å². The predicted octanol–water partition coefficient (Wildman–Crippen LogP) is -0.672. The van der Waals surface area contributed by atoms with Crippen molar-refractivity contribution in [1.29, 1.82) is 0 Å². The van der Waals surface area contributed by atoms with Gasteiger partial charge in [-0.2, -0.15) is 0 Å². The second kappa shape index (κ2) is 9.01. The molecule has 22 heavy (non-hydrogen) atoms. The maximum absolute atomic E-state index is 11.7. The van der Waals surface area contributed by atoms with E-state index in [1.54, 1.807) is 18.2 Å². The molecule has 1 aromatic heterocycles. The van der Waals surface area contributed by atoms with Gasteiger partial charge in [-0.15, -0.1) is 0 Å². The minimum Gasteiger partial charge on any atom is -0.469 e. The van der Waals surface area contributed by atoms with Crippen LogP contribution in [0.5, 0.6) is 0 Å². The number of pyridine rings is 1. The molecule has 0 aliphatic heterocycles. The Morgan fingerprint density at radius 1 is 1.36 bits per heavy atom. The quantitative estimate of drug-likeness (QED) is 0.392. The zero-order valence-electron chi connectivity index (χ0n) is 11.8. The number of rotatable bonds is 7. The van der Waals surface area contributed by atoms with Gasteiger partial charge in [0.05, 0.1) is 25.0 Å². The van der Waals surface area contributed by atoms with Gasteiger partial charge in [0.1, 0.15) is 6.42 Å². The van der Waals surface area contributed by atoms with E-state index in [9.17, 15) is 19.2 Å². The average molecular weight is 304 g/mol. The number of ether oxygens (including phenoxy) is 1. The SMILES string of the molecule is COC(=O)CC(=O)NC(=CC(=O)NC[C]=O)c1ccccn1. The van der Waals surface area contributed by atoms with E-state index < -0.39 is 24.2 Å². The van der Waals surface area contributed by atoms with E-state index in [-0.39, 0.29) is 12.2 Å². The van der Waals surface area contributed by atoms with E-state index in [4.69, 9.17) is 0 Å². The minimum atomic E-state index is -0.710.